The maximum atomic E-state index is 4.82. The van der Waals surface area contributed by atoms with Gasteiger partial charge in [0.2, 0.25) is 0 Å². The Labute approximate surface area is 119 Å². The minimum absolute atomic E-state index is 0.584. The summed E-state index contributed by atoms with van der Waals surface area (Å²) in [5, 5.41) is 3.91. The molecule has 0 atom stereocenters. The molecule has 0 saturated heterocycles. The summed E-state index contributed by atoms with van der Waals surface area (Å²) in [6.07, 6.45) is 3.80. The monoisotopic (exact) mass is 261 g/mol. The fraction of sp³-hybridized carbons (Fsp3) is 0.0556. The Balaban J connectivity index is 2.15. The Morgan fingerprint density at radius 3 is 2.30 bits per heavy atom. The Kier molecular flexibility index (Phi) is 5.18. The van der Waals surface area contributed by atoms with E-state index < -0.39 is 0 Å². The van der Waals surface area contributed by atoms with Crippen LogP contribution in [0.4, 0.5) is 0 Å². The van der Waals surface area contributed by atoms with Crippen molar-refractivity contribution in [2.24, 2.45) is 5.16 Å². The van der Waals surface area contributed by atoms with Crippen molar-refractivity contribution >= 4 is 11.8 Å². The van der Waals surface area contributed by atoms with Crippen LogP contribution in [0.15, 0.2) is 71.9 Å². The third-order valence-corrected chi connectivity index (χ3v) is 2.53. The number of allylic oxidation sites excluding steroid dienone is 1. The van der Waals surface area contributed by atoms with E-state index in [0.29, 0.717) is 5.71 Å². The van der Waals surface area contributed by atoms with E-state index in [4.69, 9.17) is 4.84 Å². The summed E-state index contributed by atoms with van der Waals surface area (Å²) in [6, 6.07) is 19.8. The van der Waals surface area contributed by atoms with Gasteiger partial charge in [-0.25, -0.2) is 0 Å². The molecule has 2 nitrogen and oxygen atoms in total. The summed E-state index contributed by atoms with van der Waals surface area (Å²) in [4.78, 5) is 4.82. The van der Waals surface area contributed by atoms with Gasteiger partial charge >= 0.3 is 0 Å². The zero-order chi connectivity index (χ0) is 14.0. The first-order chi connectivity index (χ1) is 9.88. The third-order valence-electron chi connectivity index (χ3n) is 2.53. The molecule has 2 heteroatoms. The molecule has 0 fully saturated rings. The van der Waals surface area contributed by atoms with Crippen LogP contribution in [0.25, 0.3) is 6.08 Å². The first-order valence-corrected chi connectivity index (χ1v) is 6.30. The second-order valence-electron chi connectivity index (χ2n) is 4.02. The van der Waals surface area contributed by atoms with Gasteiger partial charge in [0.05, 0.1) is 0 Å². The Morgan fingerprint density at radius 1 is 1.00 bits per heavy atom. The van der Waals surface area contributed by atoms with Crippen molar-refractivity contribution in [2.75, 3.05) is 7.11 Å². The fourth-order valence-electron chi connectivity index (χ4n) is 1.59. The van der Waals surface area contributed by atoms with Crippen LogP contribution in [0.2, 0.25) is 0 Å². The zero-order valence-electron chi connectivity index (χ0n) is 11.3. The SMILES string of the molecule is CON=C(C#Cc1ccccc1)C=Cc1ccccc1. The molecule has 98 valence electrons. The molecule has 20 heavy (non-hydrogen) atoms. The molecule has 0 aliphatic heterocycles. The summed E-state index contributed by atoms with van der Waals surface area (Å²) in [5.74, 6) is 6.05. The highest BCUT2D eigenvalue weighted by molar-refractivity contribution is 6.10. The Morgan fingerprint density at radius 2 is 1.65 bits per heavy atom. The smallest absolute Gasteiger partial charge is 0.152 e. The van der Waals surface area contributed by atoms with Crippen LogP contribution in [-0.2, 0) is 4.84 Å². The van der Waals surface area contributed by atoms with Gasteiger partial charge in [-0.05, 0) is 29.7 Å². The molecule has 0 N–H and O–H groups in total. The summed E-state index contributed by atoms with van der Waals surface area (Å²) in [6.45, 7) is 0. The molecule has 2 aromatic rings. The quantitative estimate of drug-likeness (QED) is 0.468. The van der Waals surface area contributed by atoms with Crippen LogP contribution in [0.5, 0.6) is 0 Å². The van der Waals surface area contributed by atoms with E-state index in [1.165, 1.54) is 7.11 Å². The second-order valence-corrected chi connectivity index (χ2v) is 4.02. The minimum Gasteiger partial charge on any atom is -0.398 e. The topological polar surface area (TPSA) is 21.6 Å². The van der Waals surface area contributed by atoms with Crippen molar-refractivity contribution < 1.29 is 4.84 Å². The van der Waals surface area contributed by atoms with Crippen molar-refractivity contribution in [3.8, 4) is 11.8 Å². The van der Waals surface area contributed by atoms with Crippen molar-refractivity contribution in [3.63, 3.8) is 0 Å². The number of benzene rings is 2. The van der Waals surface area contributed by atoms with E-state index >= 15 is 0 Å². The number of hydrogen-bond donors (Lipinski definition) is 0. The fourth-order valence-corrected chi connectivity index (χ4v) is 1.59. The summed E-state index contributed by atoms with van der Waals surface area (Å²) >= 11 is 0. The van der Waals surface area contributed by atoms with Crippen molar-refractivity contribution in [1.29, 1.82) is 0 Å². The standard InChI is InChI=1S/C18H15NO/c1-20-19-18(14-12-16-8-4-2-5-9-16)15-13-17-10-6-3-7-11-17/h2-12,14H,1H3. The second kappa shape index (κ2) is 7.60. The van der Waals surface area contributed by atoms with Gasteiger partial charge in [0.1, 0.15) is 7.11 Å². The highest BCUT2D eigenvalue weighted by Crippen LogP contribution is 2.01. The summed E-state index contributed by atoms with van der Waals surface area (Å²) < 4.78 is 0. The lowest BCUT2D eigenvalue weighted by atomic mass is 10.2. The lowest BCUT2D eigenvalue weighted by molar-refractivity contribution is 0.214. The van der Waals surface area contributed by atoms with Crippen LogP contribution < -0.4 is 0 Å². The molecule has 2 aromatic carbocycles. The third kappa shape index (κ3) is 4.47. The molecule has 0 aromatic heterocycles. The molecule has 0 saturated carbocycles. The predicted octanol–water partition coefficient (Wildman–Crippen LogP) is 3.75. The van der Waals surface area contributed by atoms with E-state index in [-0.39, 0.29) is 0 Å². The maximum absolute atomic E-state index is 4.82. The molecule has 2 rings (SSSR count). The van der Waals surface area contributed by atoms with Gasteiger partial charge in [-0.3, -0.25) is 0 Å². The van der Waals surface area contributed by atoms with Gasteiger partial charge in [-0.15, -0.1) is 0 Å². The Hall–Kier alpha value is -2.79. The summed E-state index contributed by atoms with van der Waals surface area (Å²) in [7, 11) is 1.51. The lowest BCUT2D eigenvalue weighted by Gasteiger charge is -1.92. The van der Waals surface area contributed by atoms with Gasteiger partial charge in [0.25, 0.3) is 0 Å². The maximum Gasteiger partial charge on any atom is 0.152 e. The number of nitrogens with zero attached hydrogens (tertiary/aromatic N) is 1. The molecular formula is C18H15NO. The largest absolute Gasteiger partial charge is 0.398 e. The van der Waals surface area contributed by atoms with E-state index in [1.54, 1.807) is 0 Å². The number of rotatable bonds is 3. The average Bonchev–Trinajstić information content (AvgIpc) is 2.52. The first-order valence-electron chi connectivity index (χ1n) is 6.30. The van der Waals surface area contributed by atoms with E-state index in [9.17, 15) is 0 Å². The Bertz CT molecular complexity index is 646. The minimum atomic E-state index is 0.584. The van der Waals surface area contributed by atoms with Gasteiger partial charge in [-0.2, -0.15) is 0 Å². The van der Waals surface area contributed by atoms with E-state index in [1.807, 2.05) is 72.8 Å². The van der Waals surface area contributed by atoms with Crippen LogP contribution in [0.1, 0.15) is 11.1 Å². The van der Waals surface area contributed by atoms with Crippen molar-refractivity contribution in [3.05, 3.63) is 77.9 Å². The number of hydrogen-bond acceptors (Lipinski definition) is 2. The summed E-state index contributed by atoms with van der Waals surface area (Å²) in [5.41, 5.74) is 2.63. The van der Waals surface area contributed by atoms with Gasteiger partial charge < -0.3 is 4.84 Å². The first kappa shape index (κ1) is 13.6. The molecule has 0 heterocycles. The normalized spacial score (nSPS) is 10.9. The molecule has 0 aliphatic carbocycles. The highest BCUT2D eigenvalue weighted by Gasteiger charge is 1.90. The molecule has 0 unspecified atom stereocenters. The van der Waals surface area contributed by atoms with Crippen LogP contribution in [-0.4, -0.2) is 12.8 Å². The van der Waals surface area contributed by atoms with Gasteiger partial charge in [0.15, 0.2) is 5.71 Å². The van der Waals surface area contributed by atoms with Crippen molar-refractivity contribution in [2.45, 2.75) is 0 Å². The molecule has 0 spiro atoms. The van der Waals surface area contributed by atoms with E-state index in [2.05, 4.69) is 17.0 Å². The van der Waals surface area contributed by atoms with Gasteiger partial charge in [0, 0.05) is 5.56 Å². The van der Waals surface area contributed by atoms with Crippen LogP contribution >= 0.6 is 0 Å². The molecular weight excluding hydrogens is 246 g/mol. The molecule has 0 amide bonds. The van der Waals surface area contributed by atoms with Crippen LogP contribution in [0, 0.1) is 11.8 Å². The zero-order valence-corrected chi connectivity index (χ0v) is 11.3. The number of oxime groups is 1. The van der Waals surface area contributed by atoms with Crippen LogP contribution in [0.3, 0.4) is 0 Å². The van der Waals surface area contributed by atoms with Crippen molar-refractivity contribution in [1.82, 2.24) is 0 Å². The highest BCUT2D eigenvalue weighted by atomic mass is 16.6. The average molecular weight is 261 g/mol. The lowest BCUT2D eigenvalue weighted by Crippen LogP contribution is -1.90. The molecule has 0 aliphatic rings. The molecule has 0 radical (unpaired) electrons. The predicted molar refractivity (Wildman–Crippen MR) is 83.2 cm³/mol. The van der Waals surface area contributed by atoms with Gasteiger partial charge in [-0.1, -0.05) is 65.7 Å². The molecule has 0 bridgehead atoms. The van der Waals surface area contributed by atoms with E-state index in [0.717, 1.165) is 11.1 Å².